The Kier molecular flexibility index (Phi) is 8.85. The second-order valence-corrected chi connectivity index (χ2v) is 9.80. The molecule has 4 nitrogen and oxygen atoms in total. The summed E-state index contributed by atoms with van der Waals surface area (Å²) in [4.78, 5) is 26.4. The zero-order valence-corrected chi connectivity index (χ0v) is 21.4. The van der Waals surface area contributed by atoms with E-state index in [4.69, 9.17) is 23.2 Å². The van der Waals surface area contributed by atoms with E-state index in [0.29, 0.717) is 21.4 Å². The van der Waals surface area contributed by atoms with Crippen molar-refractivity contribution in [2.24, 2.45) is 0 Å². The Bertz CT molecular complexity index is 1360. The Morgan fingerprint density at radius 2 is 1.44 bits per heavy atom. The van der Waals surface area contributed by atoms with E-state index in [-0.39, 0.29) is 11.8 Å². The first-order valence-electron chi connectivity index (χ1n) is 11.1. The summed E-state index contributed by atoms with van der Waals surface area (Å²) in [5.74, 6) is -0.431. The van der Waals surface area contributed by atoms with Crippen LogP contribution in [0.25, 0.3) is 6.08 Å². The fourth-order valence-electron chi connectivity index (χ4n) is 3.36. The van der Waals surface area contributed by atoms with Gasteiger partial charge < -0.3 is 10.6 Å². The molecule has 0 heterocycles. The van der Waals surface area contributed by atoms with Crippen LogP contribution in [0.2, 0.25) is 10.0 Å². The van der Waals surface area contributed by atoms with Crippen molar-refractivity contribution in [2.45, 2.75) is 10.1 Å². The van der Waals surface area contributed by atoms with Crippen LogP contribution < -0.4 is 10.6 Å². The van der Waals surface area contributed by atoms with Gasteiger partial charge in [-0.25, -0.2) is 0 Å². The van der Waals surface area contributed by atoms with Crippen molar-refractivity contribution >= 4 is 64.2 Å². The maximum Gasteiger partial charge on any atom is 0.248 e. The van der Waals surface area contributed by atoms with Gasteiger partial charge in [-0.3, -0.25) is 9.59 Å². The summed E-state index contributed by atoms with van der Waals surface area (Å²) in [6, 6.07) is 31.5. The third-order valence-corrected chi connectivity index (χ3v) is 6.95. The third kappa shape index (κ3) is 7.25. The van der Waals surface area contributed by atoms with Gasteiger partial charge in [-0.1, -0.05) is 83.9 Å². The maximum absolute atomic E-state index is 13.3. The van der Waals surface area contributed by atoms with Crippen molar-refractivity contribution in [1.82, 2.24) is 0 Å². The molecule has 2 amide bonds. The minimum absolute atomic E-state index is 0.209. The highest BCUT2D eigenvalue weighted by Gasteiger charge is 2.23. The Hall–Kier alpha value is -3.51. The van der Waals surface area contributed by atoms with Gasteiger partial charge in [0.25, 0.3) is 0 Å². The van der Waals surface area contributed by atoms with E-state index in [9.17, 15) is 9.59 Å². The highest BCUT2D eigenvalue weighted by Crippen LogP contribution is 2.37. The number of halogens is 2. The van der Waals surface area contributed by atoms with Crippen LogP contribution in [0.4, 0.5) is 11.4 Å². The number of amides is 2. The number of benzene rings is 4. The molecule has 0 aromatic heterocycles. The quantitative estimate of drug-likeness (QED) is 0.178. The lowest BCUT2D eigenvalue weighted by molar-refractivity contribution is -0.116. The van der Waals surface area contributed by atoms with E-state index >= 15 is 0 Å². The van der Waals surface area contributed by atoms with Gasteiger partial charge in [-0.15, -0.1) is 11.8 Å². The minimum Gasteiger partial charge on any atom is -0.323 e. The van der Waals surface area contributed by atoms with Crippen LogP contribution in [0.3, 0.4) is 0 Å². The number of hydrogen-bond acceptors (Lipinski definition) is 3. The van der Waals surface area contributed by atoms with Crippen LogP contribution in [0.5, 0.6) is 0 Å². The van der Waals surface area contributed by atoms with Gasteiger partial charge in [-0.2, -0.15) is 0 Å². The molecule has 0 spiro atoms. The van der Waals surface area contributed by atoms with Gasteiger partial charge in [0.05, 0.1) is 10.7 Å². The largest absolute Gasteiger partial charge is 0.323 e. The van der Waals surface area contributed by atoms with Crippen molar-refractivity contribution in [3.05, 3.63) is 130 Å². The Labute approximate surface area is 224 Å². The monoisotopic (exact) mass is 532 g/mol. The molecule has 36 heavy (non-hydrogen) atoms. The molecule has 7 heteroatoms. The summed E-state index contributed by atoms with van der Waals surface area (Å²) in [5, 5.41) is 6.10. The Morgan fingerprint density at radius 3 is 2.11 bits per heavy atom. The summed E-state index contributed by atoms with van der Waals surface area (Å²) in [7, 11) is 0. The molecular formula is C29H22Cl2N2O2S. The standard InChI is InChI=1S/C29H22Cl2N2O2S/c30-22-12-17-26(25(31)19-22)33-29(35)28(21-9-5-2-6-10-21)36-24-15-13-23(14-16-24)32-27(34)18-11-20-7-3-1-4-8-20/h1-19,28H,(H,32,34)(H,33,35)/b18-11+. The van der Waals surface area contributed by atoms with E-state index in [1.54, 1.807) is 24.3 Å². The maximum atomic E-state index is 13.3. The summed E-state index contributed by atoms with van der Waals surface area (Å²) in [6.07, 6.45) is 3.26. The molecule has 4 rings (SSSR count). The van der Waals surface area contributed by atoms with E-state index in [1.807, 2.05) is 84.9 Å². The number of anilines is 2. The second-order valence-electron chi connectivity index (χ2n) is 7.78. The van der Waals surface area contributed by atoms with Gasteiger partial charge in [-0.05, 0) is 59.7 Å². The molecule has 1 atom stereocenters. The summed E-state index contributed by atoms with van der Waals surface area (Å²) >= 11 is 13.6. The highest BCUT2D eigenvalue weighted by molar-refractivity contribution is 8.00. The molecule has 4 aromatic carbocycles. The van der Waals surface area contributed by atoms with Crippen molar-refractivity contribution in [2.75, 3.05) is 10.6 Å². The molecule has 0 aliphatic carbocycles. The fraction of sp³-hybridized carbons (Fsp3) is 0.0345. The molecule has 4 aromatic rings. The first kappa shape index (κ1) is 25.6. The number of hydrogen-bond donors (Lipinski definition) is 2. The van der Waals surface area contributed by atoms with Crippen molar-refractivity contribution in [3.63, 3.8) is 0 Å². The zero-order chi connectivity index (χ0) is 25.3. The average molecular weight is 533 g/mol. The van der Waals surface area contributed by atoms with Crippen molar-refractivity contribution in [3.8, 4) is 0 Å². The van der Waals surface area contributed by atoms with Gasteiger partial charge in [0, 0.05) is 21.7 Å². The van der Waals surface area contributed by atoms with E-state index < -0.39 is 5.25 Å². The molecule has 0 aliphatic rings. The second kappa shape index (κ2) is 12.5. The van der Waals surface area contributed by atoms with Gasteiger partial charge in [0.2, 0.25) is 11.8 Å². The van der Waals surface area contributed by atoms with Gasteiger partial charge >= 0.3 is 0 Å². The summed E-state index contributed by atoms with van der Waals surface area (Å²) in [6.45, 7) is 0. The zero-order valence-electron chi connectivity index (χ0n) is 19.0. The minimum atomic E-state index is -0.521. The lowest BCUT2D eigenvalue weighted by Crippen LogP contribution is -2.19. The predicted octanol–water partition coefficient (Wildman–Crippen LogP) is 8.12. The normalized spacial score (nSPS) is 11.7. The lowest BCUT2D eigenvalue weighted by atomic mass is 10.1. The van der Waals surface area contributed by atoms with E-state index in [0.717, 1.165) is 16.0 Å². The molecule has 1 unspecified atom stereocenters. The molecule has 0 radical (unpaired) electrons. The summed E-state index contributed by atoms with van der Waals surface area (Å²) < 4.78 is 0. The molecular weight excluding hydrogens is 511 g/mol. The number of nitrogens with one attached hydrogen (secondary N) is 2. The van der Waals surface area contributed by atoms with Gasteiger partial charge in [0.15, 0.2) is 0 Å². The van der Waals surface area contributed by atoms with Crippen LogP contribution >= 0.6 is 35.0 Å². The summed E-state index contributed by atoms with van der Waals surface area (Å²) in [5.41, 5.74) is 2.96. The van der Waals surface area contributed by atoms with E-state index in [2.05, 4.69) is 10.6 Å². The molecule has 0 saturated heterocycles. The third-order valence-electron chi connectivity index (χ3n) is 5.13. The van der Waals surface area contributed by atoms with Crippen LogP contribution in [0.15, 0.2) is 114 Å². The van der Waals surface area contributed by atoms with Crippen molar-refractivity contribution in [1.29, 1.82) is 0 Å². The smallest absolute Gasteiger partial charge is 0.248 e. The van der Waals surface area contributed by atoms with Crippen LogP contribution in [-0.4, -0.2) is 11.8 Å². The number of carbonyl (C=O) groups is 2. The lowest BCUT2D eigenvalue weighted by Gasteiger charge is -2.18. The molecule has 0 aliphatic heterocycles. The van der Waals surface area contributed by atoms with Crippen molar-refractivity contribution < 1.29 is 9.59 Å². The molecule has 180 valence electrons. The highest BCUT2D eigenvalue weighted by atomic mass is 35.5. The molecule has 0 bridgehead atoms. The van der Waals surface area contributed by atoms with Crippen LogP contribution in [0.1, 0.15) is 16.4 Å². The molecule has 0 saturated carbocycles. The van der Waals surface area contributed by atoms with Crippen LogP contribution in [0, 0.1) is 0 Å². The fourth-order valence-corrected chi connectivity index (χ4v) is 4.84. The average Bonchev–Trinajstić information content (AvgIpc) is 2.89. The molecule has 2 N–H and O–H groups in total. The Balaban J connectivity index is 1.45. The van der Waals surface area contributed by atoms with Gasteiger partial charge in [0.1, 0.15) is 5.25 Å². The first-order valence-corrected chi connectivity index (χ1v) is 12.7. The predicted molar refractivity (Wildman–Crippen MR) is 151 cm³/mol. The topological polar surface area (TPSA) is 58.2 Å². The molecule has 0 fully saturated rings. The van der Waals surface area contributed by atoms with E-state index in [1.165, 1.54) is 17.8 Å². The first-order chi connectivity index (χ1) is 17.5. The number of carbonyl (C=O) groups excluding carboxylic acids is 2. The van der Waals surface area contributed by atoms with Crippen LogP contribution in [-0.2, 0) is 9.59 Å². The SMILES string of the molecule is O=C(/C=C/c1ccccc1)Nc1ccc(SC(C(=O)Nc2ccc(Cl)cc2Cl)c2ccccc2)cc1. The number of thioether (sulfide) groups is 1. The Morgan fingerprint density at radius 1 is 0.778 bits per heavy atom. The number of rotatable bonds is 8.